The Hall–Kier alpha value is -1.76. The molecule has 0 aliphatic carbocycles. The number of rotatable bonds is 4. The lowest BCUT2D eigenvalue weighted by Crippen LogP contribution is -2.34. The topological polar surface area (TPSA) is 72.9 Å². The van der Waals surface area contributed by atoms with E-state index < -0.39 is 0 Å². The van der Waals surface area contributed by atoms with Gasteiger partial charge in [0, 0.05) is 43.5 Å². The molecule has 23 heavy (non-hydrogen) atoms. The summed E-state index contributed by atoms with van der Waals surface area (Å²) in [6.07, 6.45) is 8.14. The van der Waals surface area contributed by atoms with E-state index in [1.807, 2.05) is 18.5 Å². The summed E-state index contributed by atoms with van der Waals surface area (Å²) < 4.78 is 2.29. The van der Waals surface area contributed by atoms with Gasteiger partial charge in [-0.25, -0.2) is 15.0 Å². The number of hydrogen-bond acceptors (Lipinski definition) is 6. The summed E-state index contributed by atoms with van der Waals surface area (Å²) >= 11 is 1.52. The molecule has 2 aromatic heterocycles. The van der Waals surface area contributed by atoms with Crippen molar-refractivity contribution < 1.29 is 0 Å². The average molecular weight is 332 g/mol. The molecule has 7 heteroatoms. The van der Waals surface area contributed by atoms with Gasteiger partial charge in [0.1, 0.15) is 17.5 Å². The summed E-state index contributed by atoms with van der Waals surface area (Å²) in [7, 11) is 0. The zero-order valence-corrected chi connectivity index (χ0v) is 14.8. The Balaban J connectivity index is 1.71. The first-order valence-corrected chi connectivity index (χ1v) is 9.27. The standard InChI is InChI=1S/C16H24N6S/c1-11(2)22-9-6-18-15(22)12-4-7-21(8-5-12)14-10-13(17)19-16(20-14)23-3/h6,9-12H,4-5,7-8H2,1-3H3,(H2,17,19,20). The van der Waals surface area contributed by atoms with Crippen molar-refractivity contribution in [1.29, 1.82) is 0 Å². The Kier molecular flexibility index (Phi) is 4.75. The van der Waals surface area contributed by atoms with Crippen molar-refractivity contribution in [2.45, 2.75) is 43.8 Å². The number of hydrogen-bond donors (Lipinski definition) is 1. The Morgan fingerprint density at radius 1 is 1.26 bits per heavy atom. The highest BCUT2D eigenvalue weighted by Crippen LogP contribution is 2.31. The van der Waals surface area contributed by atoms with Gasteiger partial charge < -0.3 is 15.2 Å². The third kappa shape index (κ3) is 3.44. The summed E-state index contributed by atoms with van der Waals surface area (Å²) in [5.74, 6) is 3.21. The summed E-state index contributed by atoms with van der Waals surface area (Å²) in [6.45, 7) is 6.35. The van der Waals surface area contributed by atoms with E-state index in [0.717, 1.165) is 36.9 Å². The number of aromatic nitrogens is 4. The second-order valence-electron chi connectivity index (χ2n) is 6.19. The van der Waals surface area contributed by atoms with Gasteiger partial charge in [0.25, 0.3) is 0 Å². The molecule has 0 amide bonds. The molecular formula is C16H24N6S. The molecule has 1 aliphatic rings. The fourth-order valence-electron chi connectivity index (χ4n) is 3.13. The van der Waals surface area contributed by atoms with Crippen LogP contribution in [0.4, 0.5) is 11.6 Å². The minimum atomic E-state index is 0.455. The molecule has 0 unspecified atom stereocenters. The van der Waals surface area contributed by atoms with Crippen LogP contribution in [-0.4, -0.2) is 38.9 Å². The van der Waals surface area contributed by atoms with Gasteiger partial charge in [0.2, 0.25) is 0 Å². The maximum atomic E-state index is 5.89. The first kappa shape index (κ1) is 16.1. The molecule has 2 N–H and O–H groups in total. The Labute approximate surface area is 141 Å². The van der Waals surface area contributed by atoms with Gasteiger partial charge in [-0.05, 0) is 32.9 Å². The van der Waals surface area contributed by atoms with Crippen LogP contribution in [0.25, 0.3) is 0 Å². The molecule has 124 valence electrons. The molecule has 0 radical (unpaired) electrons. The molecule has 0 spiro atoms. The predicted molar refractivity (Wildman–Crippen MR) is 95.0 cm³/mol. The van der Waals surface area contributed by atoms with Gasteiger partial charge >= 0.3 is 0 Å². The van der Waals surface area contributed by atoms with E-state index in [1.165, 1.54) is 17.6 Å². The van der Waals surface area contributed by atoms with Crippen LogP contribution in [0.5, 0.6) is 0 Å². The highest BCUT2D eigenvalue weighted by atomic mass is 32.2. The zero-order chi connectivity index (χ0) is 16.4. The average Bonchev–Trinajstić information content (AvgIpc) is 3.04. The van der Waals surface area contributed by atoms with Gasteiger partial charge in [-0.1, -0.05) is 11.8 Å². The van der Waals surface area contributed by atoms with E-state index in [-0.39, 0.29) is 0 Å². The normalized spacial score (nSPS) is 16.3. The fourth-order valence-corrected chi connectivity index (χ4v) is 3.51. The maximum absolute atomic E-state index is 5.89. The van der Waals surface area contributed by atoms with Gasteiger partial charge in [-0.3, -0.25) is 0 Å². The van der Waals surface area contributed by atoms with Gasteiger partial charge in [0.15, 0.2) is 5.16 Å². The molecule has 1 aliphatic heterocycles. The van der Waals surface area contributed by atoms with Crippen molar-refractivity contribution in [2.75, 3.05) is 30.0 Å². The number of nitrogens with zero attached hydrogens (tertiary/aromatic N) is 5. The van der Waals surface area contributed by atoms with Crippen molar-refractivity contribution in [3.63, 3.8) is 0 Å². The van der Waals surface area contributed by atoms with Gasteiger partial charge in [-0.15, -0.1) is 0 Å². The molecule has 0 saturated carbocycles. The second kappa shape index (κ2) is 6.78. The highest BCUT2D eigenvalue weighted by Gasteiger charge is 2.25. The molecule has 1 fully saturated rings. The molecule has 0 bridgehead atoms. The molecule has 0 atom stereocenters. The lowest BCUT2D eigenvalue weighted by Gasteiger charge is -2.33. The van der Waals surface area contributed by atoms with Crippen LogP contribution in [-0.2, 0) is 0 Å². The van der Waals surface area contributed by atoms with Crippen LogP contribution >= 0.6 is 11.8 Å². The third-order valence-electron chi connectivity index (χ3n) is 4.33. The number of imidazole rings is 1. The van der Waals surface area contributed by atoms with Crippen molar-refractivity contribution in [3.05, 3.63) is 24.3 Å². The first-order chi connectivity index (χ1) is 11.1. The van der Waals surface area contributed by atoms with Crippen LogP contribution in [0.3, 0.4) is 0 Å². The molecule has 3 rings (SSSR count). The number of nitrogens with two attached hydrogens (primary N) is 1. The number of nitrogen functional groups attached to an aromatic ring is 1. The minimum absolute atomic E-state index is 0.455. The van der Waals surface area contributed by atoms with E-state index in [9.17, 15) is 0 Å². The van der Waals surface area contributed by atoms with Crippen molar-refractivity contribution >= 4 is 23.4 Å². The summed E-state index contributed by atoms with van der Waals surface area (Å²) in [6, 6.07) is 2.33. The highest BCUT2D eigenvalue weighted by molar-refractivity contribution is 7.98. The Morgan fingerprint density at radius 3 is 2.65 bits per heavy atom. The van der Waals surface area contributed by atoms with Gasteiger partial charge in [0.05, 0.1) is 0 Å². The molecule has 6 nitrogen and oxygen atoms in total. The number of thioether (sulfide) groups is 1. The lowest BCUT2D eigenvalue weighted by atomic mass is 9.95. The monoisotopic (exact) mass is 332 g/mol. The third-order valence-corrected chi connectivity index (χ3v) is 4.88. The van der Waals surface area contributed by atoms with E-state index in [0.29, 0.717) is 17.8 Å². The Bertz CT molecular complexity index is 660. The molecule has 0 aromatic carbocycles. The summed E-state index contributed by atoms with van der Waals surface area (Å²) in [5.41, 5.74) is 5.89. The van der Waals surface area contributed by atoms with Crippen molar-refractivity contribution in [3.8, 4) is 0 Å². The fraction of sp³-hybridized carbons (Fsp3) is 0.562. The SMILES string of the molecule is CSc1nc(N)cc(N2CCC(c3nccn3C(C)C)CC2)n1. The smallest absolute Gasteiger partial charge is 0.191 e. The molecule has 2 aromatic rings. The van der Waals surface area contributed by atoms with Crippen LogP contribution in [0.15, 0.2) is 23.6 Å². The van der Waals surface area contributed by atoms with E-state index in [2.05, 4.69) is 44.5 Å². The van der Waals surface area contributed by atoms with Crippen LogP contribution < -0.4 is 10.6 Å². The van der Waals surface area contributed by atoms with Crippen molar-refractivity contribution in [2.24, 2.45) is 0 Å². The second-order valence-corrected chi connectivity index (χ2v) is 6.96. The predicted octanol–water partition coefficient (Wildman–Crippen LogP) is 2.94. The zero-order valence-electron chi connectivity index (χ0n) is 13.9. The van der Waals surface area contributed by atoms with E-state index in [4.69, 9.17) is 5.73 Å². The summed E-state index contributed by atoms with van der Waals surface area (Å²) in [5, 5.41) is 0.734. The number of anilines is 2. The van der Waals surface area contributed by atoms with Crippen molar-refractivity contribution in [1.82, 2.24) is 19.5 Å². The first-order valence-electron chi connectivity index (χ1n) is 8.04. The van der Waals surface area contributed by atoms with E-state index in [1.54, 1.807) is 0 Å². The minimum Gasteiger partial charge on any atom is -0.383 e. The van der Waals surface area contributed by atoms with Crippen LogP contribution in [0.1, 0.15) is 44.5 Å². The maximum Gasteiger partial charge on any atom is 0.191 e. The van der Waals surface area contributed by atoms with E-state index >= 15 is 0 Å². The molecule has 3 heterocycles. The molecule has 1 saturated heterocycles. The Morgan fingerprint density at radius 2 is 2.00 bits per heavy atom. The van der Waals surface area contributed by atoms with Crippen LogP contribution in [0.2, 0.25) is 0 Å². The lowest BCUT2D eigenvalue weighted by molar-refractivity contribution is 0.447. The van der Waals surface area contributed by atoms with Crippen LogP contribution in [0, 0.1) is 0 Å². The largest absolute Gasteiger partial charge is 0.383 e. The quantitative estimate of drug-likeness (QED) is 0.685. The number of piperidine rings is 1. The van der Waals surface area contributed by atoms with Gasteiger partial charge in [-0.2, -0.15) is 0 Å². The summed E-state index contributed by atoms with van der Waals surface area (Å²) in [4.78, 5) is 15.7. The molecular weight excluding hydrogens is 308 g/mol.